The summed E-state index contributed by atoms with van der Waals surface area (Å²) in [5.41, 5.74) is -0.103. The van der Waals surface area contributed by atoms with Gasteiger partial charge in [-0.1, -0.05) is 57.6 Å². The van der Waals surface area contributed by atoms with Crippen LogP contribution in [-0.4, -0.2) is 36.0 Å². The molecule has 0 saturated heterocycles. The maximum atomic E-state index is 10.9. The molecule has 24 heavy (non-hydrogen) atoms. The van der Waals surface area contributed by atoms with Crippen LogP contribution in [0.15, 0.2) is 24.3 Å². The van der Waals surface area contributed by atoms with Crippen LogP contribution in [0.2, 0.25) is 0 Å². The zero-order valence-corrected chi connectivity index (χ0v) is 14.5. The predicted octanol–water partition coefficient (Wildman–Crippen LogP) is 4.10. The topological polar surface area (TPSA) is 81.8 Å². The molecular formula is C18H29NO5. The standard InChI is InChI=1S/C18H29NO5/c1-2-3-4-5-6-7-10-13-23-14-16(20)15-24-18-12-9-8-11-17(18)19(21)22/h8-9,11-12,16,20H,2-7,10,13-15H2,1H3/t16-/m1/s1. The Labute approximate surface area is 143 Å². The van der Waals surface area contributed by atoms with E-state index in [2.05, 4.69) is 6.92 Å². The second kappa shape index (κ2) is 12.7. The Morgan fingerprint density at radius 3 is 2.46 bits per heavy atom. The summed E-state index contributed by atoms with van der Waals surface area (Å²) < 4.78 is 10.7. The molecule has 0 aromatic heterocycles. The van der Waals surface area contributed by atoms with Crippen LogP contribution in [0.1, 0.15) is 51.9 Å². The van der Waals surface area contributed by atoms with Gasteiger partial charge in [0.15, 0.2) is 5.75 Å². The molecule has 136 valence electrons. The number of hydrogen-bond acceptors (Lipinski definition) is 5. The van der Waals surface area contributed by atoms with Crippen molar-refractivity contribution in [2.45, 2.75) is 58.0 Å². The highest BCUT2D eigenvalue weighted by Crippen LogP contribution is 2.25. The summed E-state index contributed by atoms with van der Waals surface area (Å²) in [6.07, 6.45) is 7.72. The molecule has 1 aromatic carbocycles. The van der Waals surface area contributed by atoms with Crippen molar-refractivity contribution in [3.8, 4) is 5.75 Å². The van der Waals surface area contributed by atoms with Crippen LogP contribution < -0.4 is 4.74 Å². The van der Waals surface area contributed by atoms with E-state index in [-0.39, 0.29) is 24.7 Å². The molecule has 1 atom stereocenters. The predicted molar refractivity (Wildman–Crippen MR) is 93.4 cm³/mol. The van der Waals surface area contributed by atoms with E-state index in [0.29, 0.717) is 6.61 Å². The summed E-state index contributed by atoms with van der Waals surface area (Å²) in [6.45, 7) is 2.98. The third-order valence-corrected chi connectivity index (χ3v) is 3.70. The van der Waals surface area contributed by atoms with Crippen molar-refractivity contribution in [3.63, 3.8) is 0 Å². The quantitative estimate of drug-likeness (QED) is 0.313. The summed E-state index contributed by atoms with van der Waals surface area (Å²) >= 11 is 0. The van der Waals surface area contributed by atoms with Crippen molar-refractivity contribution in [1.82, 2.24) is 0 Å². The van der Waals surface area contributed by atoms with Gasteiger partial charge in [-0.25, -0.2) is 0 Å². The van der Waals surface area contributed by atoms with Gasteiger partial charge in [-0.05, 0) is 12.5 Å². The number of benzene rings is 1. The average molecular weight is 339 g/mol. The molecule has 0 radical (unpaired) electrons. The van der Waals surface area contributed by atoms with E-state index in [4.69, 9.17) is 9.47 Å². The van der Waals surface area contributed by atoms with Gasteiger partial charge in [0, 0.05) is 12.7 Å². The normalized spacial score (nSPS) is 12.1. The Morgan fingerprint density at radius 1 is 1.08 bits per heavy atom. The van der Waals surface area contributed by atoms with Crippen LogP contribution in [0.5, 0.6) is 5.75 Å². The second-order valence-corrected chi connectivity index (χ2v) is 5.89. The number of para-hydroxylation sites is 2. The molecule has 0 fully saturated rings. The first-order valence-electron chi connectivity index (χ1n) is 8.77. The number of unbranched alkanes of at least 4 members (excludes halogenated alkanes) is 6. The lowest BCUT2D eigenvalue weighted by Gasteiger charge is -2.13. The van der Waals surface area contributed by atoms with Crippen LogP contribution >= 0.6 is 0 Å². The van der Waals surface area contributed by atoms with Gasteiger partial charge in [0.25, 0.3) is 0 Å². The SMILES string of the molecule is CCCCCCCCCOC[C@@H](O)COc1ccccc1[N+](=O)[O-]. The summed E-state index contributed by atoms with van der Waals surface area (Å²) in [5, 5.41) is 20.7. The van der Waals surface area contributed by atoms with Crippen molar-refractivity contribution < 1.29 is 19.5 Å². The Hall–Kier alpha value is -1.66. The van der Waals surface area contributed by atoms with Gasteiger partial charge in [0.1, 0.15) is 12.7 Å². The van der Waals surface area contributed by atoms with E-state index in [0.717, 1.165) is 12.8 Å². The van der Waals surface area contributed by atoms with Crippen LogP contribution in [0.4, 0.5) is 5.69 Å². The maximum Gasteiger partial charge on any atom is 0.310 e. The van der Waals surface area contributed by atoms with Crippen LogP contribution in [0.25, 0.3) is 0 Å². The second-order valence-electron chi connectivity index (χ2n) is 5.89. The molecule has 0 bridgehead atoms. The highest BCUT2D eigenvalue weighted by atomic mass is 16.6. The summed E-state index contributed by atoms with van der Waals surface area (Å²) in [7, 11) is 0. The monoisotopic (exact) mass is 339 g/mol. The fraction of sp³-hybridized carbons (Fsp3) is 0.667. The van der Waals surface area contributed by atoms with E-state index >= 15 is 0 Å². The Kier molecular flexibility index (Phi) is 10.8. The fourth-order valence-corrected chi connectivity index (χ4v) is 2.34. The molecule has 0 aliphatic carbocycles. The Balaban J connectivity index is 2.08. The first-order chi connectivity index (χ1) is 11.6. The zero-order chi connectivity index (χ0) is 17.6. The molecule has 0 heterocycles. The van der Waals surface area contributed by atoms with Crippen LogP contribution in [0, 0.1) is 10.1 Å². The number of rotatable bonds is 14. The minimum Gasteiger partial charge on any atom is -0.484 e. The van der Waals surface area contributed by atoms with E-state index in [9.17, 15) is 15.2 Å². The largest absolute Gasteiger partial charge is 0.484 e. The van der Waals surface area contributed by atoms with Gasteiger partial charge >= 0.3 is 5.69 Å². The number of nitro groups is 1. The molecule has 0 amide bonds. The Morgan fingerprint density at radius 2 is 1.75 bits per heavy atom. The summed E-state index contributed by atoms with van der Waals surface area (Å²) in [4.78, 5) is 10.4. The third-order valence-electron chi connectivity index (χ3n) is 3.70. The number of hydrogen-bond donors (Lipinski definition) is 1. The first kappa shape index (κ1) is 20.4. The molecule has 6 nitrogen and oxygen atoms in total. The Bertz CT molecular complexity index is 466. The molecule has 0 unspecified atom stereocenters. The van der Waals surface area contributed by atoms with E-state index < -0.39 is 11.0 Å². The number of aliphatic hydroxyl groups excluding tert-OH is 1. The fourth-order valence-electron chi connectivity index (χ4n) is 2.34. The third kappa shape index (κ3) is 8.84. The minimum absolute atomic E-state index is 0.0259. The highest BCUT2D eigenvalue weighted by Gasteiger charge is 2.15. The molecule has 1 aromatic rings. The lowest BCUT2D eigenvalue weighted by Crippen LogP contribution is -2.24. The van der Waals surface area contributed by atoms with Gasteiger partial charge in [0.2, 0.25) is 0 Å². The van der Waals surface area contributed by atoms with Crippen LogP contribution in [-0.2, 0) is 4.74 Å². The van der Waals surface area contributed by atoms with E-state index in [1.807, 2.05) is 0 Å². The van der Waals surface area contributed by atoms with Crippen LogP contribution in [0.3, 0.4) is 0 Å². The number of aliphatic hydroxyl groups is 1. The van der Waals surface area contributed by atoms with Gasteiger partial charge in [-0.15, -0.1) is 0 Å². The molecule has 1 rings (SSSR count). The molecule has 0 saturated carbocycles. The van der Waals surface area contributed by atoms with Crippen molar-refractivity contribution in [2.75, 3.05) is 19.8 Å². The molecule has 1 N–H and O–H groups in total. The summed E-state index contributed by atoms with van der Waals surface area (Å²) in [5.74, 6) is 0.161. The minimum atomic E-state index is -0.797. The van der Waals surface area contributed by atoms with E-state index in [1.165, 1.54) is 44.2 Å². The lowest BCUT2D eigenvalue weighted by atomic mass is 10.1. The van der Waals surface area contributed by atoms with Gasteiger partial charge in [-0.2, -0.15) is 0 Å². The van der Waals surface area contributed by atoms with Crippen molar-refractivity contribution in [1.29, 1.82) is 0 Å². The maximum absolute atomic E-state index is 10.9. The van der Waals surface area contributed by atoms with Crippen molar-refractivity contribution >= 4 is 5.69 Å². The smallest absolute Gasteiger partial charge is 0.310 e. The average Bonchev–Trinajstić information content (AvgIpc) is 2.58. The first-order valence-corrected chi connectivity index (χ1v) is 8.77. The van der Waals surface area contributed by atoms with Crippen molar-refractivity contribution in [3.05, 3.63) is 34.4 Å². The summed E-state index contributed by atoms with van der Waals surface area (Å²) in [6, 6.07) is 6.13. The van der Waals surface area contributed by atoms with Gasteiger partial charge in [0.05, 0.1) is 11.5 Å². The number of nitro benzene ring substituents is 1. The van der Waals surface area contributed by atoms with Crippen molar-refractivity contribution in [2.24, 2.45) is 0 Å². The highest BCUT2D eigenvalue weighted by molar-refractivity contribution is 5.45. The number of nitrogens with zero attached hydrogens (tertiary/aromatic N) is 1. The molecule has 6 heteroatoms. The molecule has 0 aliphatic rings. The van der Waals surface area contributed by atoms with Gasteiger partial charge < -0.3 is 14.6 Å². The molecule has 0 aliphatic heterocycles. The van der Waals surface area contributed by atoms with E-state index in [1.54, 1.807) is 12.1 Å². The van der Waals surface area contributed by atoms with Gasteiger partial charge in [-0.3, -0.25) is 10.1 Å². The molecular weight excluding hydrogens is 310 g/mol. The lowest BCUT2D eigenvalue weighted by molar-refractivity contribution is -0.385. The molecule has 0 spiro atoms. The zero-order valence-electron chi connectivity index (χ0n) is 14.5. The number of ether oxygens (including phenoxy) is 2.